The van der Waals surface area contributed by atoms with Crippen molar-refractivity contribution >= 4 is 18.1 Å². The van der Waals surface area contributed by atoms with Crippen molar-refractivity contribution in [2.75, 3.05) is 6.61 Å². The number of carbonyl (C=O) groups excluding carboxylic acids is 2. The van der Waals surface area contributed by atoms with Crippen LogP contribution in [0.25, 0.3) is 0 Å². The highest BCUT2D eigenvalue weighted by atomic mass is 19.1. The summed E-state index contributed by atoms with van der Waals surface area (Å²) < 4.78 is 29.5. The number of nitrogens with one attached hydrogen (secondary N) is 1. The Bertz CT molecular complexity index is 1130. The lowest BCUT2D eigenvalue weighted by molar-refractivity contribution is -0.130. The van der Waals surface area contributed by atoms with Crippen LogP contribution in [0, 0.1) is 5.82 Å². The number of esters is 1. The van der Waals surface area contributed by atoms with Crippen molar-refractivity contribution in [2.45, 2.75) is 6.10 Å². The molecule has 0 fully saturated rings. The number of ether oxygens (including phenoxy) is 3. The van der Waals surface area contributed by atoms with Gasteiger partial charge in [0.2, 0.25) is 6.10 Å². The molecule has 1 atom stereocenters. The minimum Gasteiger partial charge on any atom is -0.485 e. The Balaban J connectivity index is 1.30. The van der Waals surface area contributed by atoms with E-state index in [-0.39, 0.29) is 12.2 Å². The van der Waals surface area contributed by atoms with Gasteiger partial charge in [-0.15, -0.1) is 0 Å². The number of hydrogen-bond donors (Lipinski definition) is 1. The lowest BCUT2D eigenvalue weighted by Gasteiger charge is -2.24. The average Bonchev–Trinajstić information content (AvgIpc) is 2.80. The van der Waals surface area contributed by atoms with Gasteiger partial charge in [-0.2, -0.15) is 5.10 Å². The van der Waals surface area contributed by atoms with Gasteiger partial charge >= 0.3 is 5.97 Å². The van der Waals surface area contributed by atoms with Crippen LogP contribution in [0.15, 0.2) is 77.9 Å². The van der Waals surface area contributed by atoms with Gasteiger partial charge in [-0.25, -0.2) is 14.6 Å². The lowest BCUT2D eigenvalue weighted by Crippen LogP contribution is -2.42. The molecular formula is C23H17FN2O5. The molecule has 0 radical (unpaired) electrons. The summed E-state index contributed by atoms with van der Waals surface area (Å²) in [5.41, 5.74) is 3.19. The van der Waals surface area contributed by atoms with Crippen LogP contribution in [-0.4, -0.2) is 30.8 Å². The van der Waals surface area contributed by atoms with Crippen molar-refractivity contribution in [1.82, 2.24) is 5.43 Å². The first-order chi connectivity index (χ1) is 15.1. The van der Waals surface area contributed by atoms with Crippen molar-refractivity contribution in [3.05, 3.63) is 89.7 Å². The predicted octanol–water partition coefficient (Wildman–Crippen LogP) is 3.34. The molecule has 3 aromatic rings. The van der Waals surface area contributed by atoms with E-state index in [1.165, 1.54) is 24.4 Å². The maximum atomic E-state index is 13.2. The SMILES string of the molecule is O=C(Oc1ccc(C=NNC(=O)C2COc3ccccc3O2)cc1)c1cccc(F)c1. The largest absolute Gasteiger partial charge is 0.485 e. The summed E-state index contributed by atoms with van der Waals surface area (Å²) in [6.07, 6.45) is 0.630. The first-order valence-corrected chi connectivity index (χ1v) is 9.38. The Morgan fingerprint density at radius 3 is 2.58 bits per heavy atom. The molecule has 1 unspecified atom stereocenters. The van der Waals surface area contributed by atoms with Gasteiger partial charge in [-0.05, 0) is 60.2 Å². The number of halogens is 1. The Labute approximate surface area is 177 Å². The zero-order chi connectivity index (χ0) is 21.6. The van der Waals surface area contributed by atoms with E-state index in [1.54, 1.807) is 42.5 Å². The molecule has 0 saturated heterocycles. The number of nitrogens with zero attached hydrogens (tertiary/aromatic N) is 1. The zero-order valence-corrected chi connectivity index (χ0v) is 16.2. The summed E-state index contributed by atoms with van der Waals surface area (Å²) >= 11 is 0. The summed E-state index contributed by atoms with van der Waals surface area (Å²) in [6.45, 7) is 0.0870. The summed E-state index contributed by atoms with van der Waals surface area (Å²) in [7, 11) is 0. The number of hydrogen-bond acceptors (Lipinski definition) is 6. The van der Waals surface area contributed by atoms with E-state index in [1.807, 2.05) is 6.07 Å². The second-order valence-corrected chi connectivity index (χ2v) is 6.57. The third-order valence-corrected chi connectivity index (χ3v) is 4.34. The highest BCUT2D eigenvalue weighted by molar-refractivity contribution is 5.91. The van der Waals surface area contributed by atoms with Gasteiger partial charge in [0.15, 0.2) is 11.5 Å². The van der Waals surface area contributed by atoms with Crippen LogP contribution in [-0.2, 0) is 4.79 Å². The molecule has 0 aromatic heterocycles. The smallest absolute Gasteiger partial charge is 0.343 e. The zero-order valence-electron chi connectivity index (χ0n) is 16.2. The van der Waals surface area contributed by atoms with Crippen molar-refractivity contribution < 1.29 is 28.2 Å². The standard InChI is InChI=1S/C23H17FN2O5/c24-17-5-3-4-16(12-17)23(28)30-18-10-8-15(9-11-18)13-25-26-22(27)21-14-29-19-6-1-2-7-20(19)31-21/h1-13,21H,14H2,(H,26,27). The summed E-state index contributed by atoms with van der Waals surface area (Å²) in [4.78, 5) is 24.3. The molecule has 1 amide bonds. The number of fused-ring (bicyclic) bond motifs is 1. The van der Waals surface area contributed by atoms with E-state index in [2.05, 4.69) is 10.5 Å². The molecule has 1 N–H and O–H groups in total. The normalized spacial score (nSPS) is 14.8. The molecule has 7 nitrogen and oxygen atoms in total. The fourth-order valence-electron chi connectivity index (χ4n) is 2.79. The third kappa shape index (κ3) is 5.05. The minimum atomic E-state index is -0.809. The van der Waals surface area contributed by atoms with Crippen LogP contribution in [0.1, 0.15) is 15.9 Å². The van der Waals surface area contributed by atoms with Crippen LogP contribution in [0.2, 0.25) is 0 Å². The first-order valence-electron chi connectivity index (χ1n) is 9.38. The van der Waals surface area contributed by atoms with Gasteiger partial charge in [0, 0.05) is 0 Å². The number of benzene rings is 3. The molecule has 1 aliphatic heterocycles. The van der Waals surface area contributed by atoms with E-state index >= 15 is 0 Å². The molecule has 31 heavy (non-hydrogen) atoms. The number of hydrazone groups is 1. The topological polar surface area (TPSA) is 86.2 Å². The molecule has 4 rings (SSSR count). The van der Waals surface area contributed by atoms with Gasteiger partial charge in [0.25, 0.3) is 5.91 Å². The van der Waals surface area contributed by atoms with Crippen molar-refractivity contribution in [1.29, 1.82) is 0 Å². The molecule has 1 heterocycles. The highest BCUT2D eigenvalue weighted by Gasteiger charge is 2.26. The van der Waals surface area contributed by atoms with Crippen LogP contribution in [0.4, 0.5) is 4.39 Å². The number of para-hydroxylation sites is 2. The highest BCUT2D eigenvalue weighted by Crippen LogP contribution is 2.30. The van der Waals surface area contributed by atoms with Gasteiger partial charge in [-0.1, -0.05) is 18.2 Å². The Morgan fingerprint density at radius 1 is 1.03 bits per heavy atom. The molecule has 3 aromatic carbocycles. The second kappa shape index (κ2) is 9.08. The summed E-state index contributed by atoms with van der Waals surface area (Å²) in [6, 6.07) is 18.8. The van der Waals surface area contributed by atoms with Crippen molar-refractivity contribution in [3.63, 3.8) is 0 Å². The van der Waals surface area contributed by atoms with Gasteiger partial charge < -0.3 is 14.2 Å². The van der Waals surface area contributed by atoms with E-state index < -0.39 is 23.8 Å². The average molecular weight is 420 g/mol. The fourth-order valence-corrected chi connectivity index (χ4v) is 2.79. The predicted molar refractivity (Wildman–Crippen MR) is 110 cm³/mol. The Kier molecular flexibility index (Phi) is 5.89. The molecule has 156 valence electrons. The van der Waals surface area contributed by atoms with E-state index in [9.17, 15) is 14.0 Å². The Hall–Kier alpha value is -4.20. The fraction of sp³-hybridized carbons (Fsp3) is 0.0870. The Morgan fingerprint density at radius 2 is 1.81 bits per heavy atom. The molecule has 1 aliphatic rings. The number of amides is 1. The van der Waals surface area contributed by atoms with E-state index in [0.29, 0.717) is 22.8 Å². The van der Waals surface area contributed by atoms with Crippen LogP contribution >= 0.6 is 0 Å². The minimum absolute atomic E-state index is 0.0870. The summed E-state index contributed by atoms with van der Waals surface area (Å²) in [5.74, 6) is -0.232. The molecule has 0 spiro atoms. The van der Waals surface area contributed by atoms with Crippen molar-refractivity contribution in [3.8, 4) is 17.2 Å². The van der Waals surface area contributed by atoms with Crippen LogP contribution in [0.5, 0.6) is 17.2 Å². The molecule has 0 bridgehead atoms. The van der Waals surface area contributed by atoms with Gasteiger partial charge in [-0.3, -0.25) is 4.79 Å². The monoisotopic (exact) mass is 420 g/mol. The first kappa shape index (κ1) is 20.1. The number of carbonyl (C=O) groups is 2. The molecule has 0 aliphatic carbocycles. The van der Waals surface area contributed by atoms with Crippen LogP contribution in [0.3, 0.4) is 0 Å². The molecule has 0 saturated carbocycles. The maximum Gasteiger partial charge on any atom is 0.343 e. The number of rotatable bonds is 5. The second-order valence-electron chi connectivity index (χ2n) is 6.57. The maximum absolute atomic E-state index is 13.2. The van der Waals surface area contributed by atoms with E-state index in [0.717, 1.165) is 6.07 Å². The van der Waals surface area contributed by atoms with Gasteiger partial charge in [0.1, 0.15) is 18.2 Å². The van der Waals surface area contributed by atoms with E-state index in [4.69, 9.17) is 14.2 Å². The quantitative estimate of drug-likeness (QED) is 0.296. The summed E-state index contributed by atoms with van der Waals surface area (Å²) in [5, 5.41) is 3.91. The third-order valence-electron chi connectivity index (χ3n) is 4.34. The molecule has 8 heteroatoms. The lowest BCUT2D eigenvalue weighted by atomic mass is 10.2. The van der Waals surface area contributed by atoms with Crippen LogP contribution < -0.4 is 19.6 Å². The molecular weight excluding hydrogens is 403 g/mol. The van der Waals surface area contributed by atoms with Gasteiger partial charge in [0.05, 0.1) is 11.8 Å². The van der Waals surface area contributed by atoms with Crippen molar-refractivity contribution in [2.24, 2.45) is 5.10 Å².